The molecule has 0 aromatic heterocycles. The zero-order valence-corrected chi connectivity index (χ0v) is 16.2. The number of hydrogen-bond acceptors (Lipinski definition) is 5. The minimum absolute atomic E-state index is 0.216. The van der Waals surface area contributed by atoms with Crippen LogP contribution in [0.4, 0.5) is 0 Å². The van der Waals surface area contributed by atoms with Gasteiger partial charge in [0.1, 0.15) is 24.5 Å². The number of amides is 1. The summed E-state index contributed by atoms with van der Waals surface area (Å²) < 4.78 is 11.9. The monoisotopic (exact) mass is 385 g/mol. The summed E-state index contributed by atoms with van der Waals surface area (Å²) >= 11 is 0. The summed E-state index contributed by atoms with van der Waals surface area (Å²) in [5.41, 5.74) is 1.84. The first-order valence-corrected chi connectivity index (χ1v) is 9.22. The van der Waals surface area contributed by atoms with E-state index in [1.165, 1.54) is 6.92 Å². The molecule has 6 heteroatoms. The van der Waals surface area contributed by atoms with Gasteiger partial charge < -0.3 is 24.7 Å². The summed E-state index contributed by atoms with van der Waals surface area (Å²) in [5.74, 6) is -0.363. The second-order valence-electron chi connectivity index (χ2n) is 6.63. The van der Waals surface area contributed by atoms with Gasteiger partial charge in [-0.1, -0.05) is 60.7 Å². The van der Waals surface area contributed by atoms with E-state index in [1.807, 2.05) is 60.7 Å². The highest BCUT2D eigenvalue weighted by Crippen LogP contribution is 2.17. The van der Waals surface area contributed by atoms with E-state index < -0.39 is 24.4 Å². The van der Waals surface area contributed by atoms with E-state index in [-0.39, 0.29) is 19.1 Å². The van der Waals surface area contributed by atoms with Crippen LogP contribution in [-0.4, -0.2) is 41.7 Å². The Balaban J connectivity index is 2.18. The Morgan fingerprint density at radius 1 is 0.964 bits per heavy atom. The molecule has 4 atom stereocenters. The molecule has 1 amide bonds. The molecule has 2 rings (SSSR count). The minimum Gasteiger partial charge on any atom is -0.391 e. The third kappa shape index (κ3) is 6.88. The quantitative estimate of drug-likeness (QED) is 0.580. The number of aliphatic hydroxyl groups excluding tert-OH is 1. The highest BCUT2D eigenvalue weighted by molar-refractivity contribution is 5.77. The zero-order valence-electron chi connectivity index (χ0n) is 16.2. The number of hydrogen-bond donors (Lipinski definition) is 2. The second-order valence-corrected chi connectivity index (χ2v) is 6.63. The molecular formula is C22H27NO5. The average Bonchev–Trinajstić information content (AvgIpc) is 2.70. The Kier molecular flexibility index (Phi) is 8.81. The smallest absolute Gasteiger partial charge is 0.217 e. The van der Waals surface area contributed by atoms with Crippen molar-refractivity contribution >= 4 is 12.2 Å². The maximum absolute atomic E-state index is 11.7. The van der Waals surface area contributed by atoms with Crippen molar-refractivity contribution in [3.8, 4) is 0 Å². The van der Waals surface area contributed by atoms with Gasteiger partial charge in [-0.05, 0) is 18.1 Å². The fourth-order valence-electron chi connectivity index (χ4n) is 2.87. The molecule has 0 fully saturated rings. The zero-order chi connectivity index (χ0) is 20.4. The SMILES string of the molecule is CC(=O)N[C@H](C=O)[C@H](OCc1ccccc1)[C@H](OCc1ccccc1)[C@H](C)O. The number of rotatable bonds is 11. The number of benzene rings is 2. The van der Waals surface area contributed by atoms with Gasteiger partial charge in [0.25, 0.3) is 0 Å². The summed E-state index contributed by atoms with van der Waals surface area (Å²) in [6, 6.07) is 18.0. The van der Waals surface area contributed by atoms with Crippen LogP contribution in [0.1, 0.15) is 25.0 Å². The van der Waals surface area contributed by atoms with Crippen molar-refractivity contribution < 1.29 is 24.2 Å². The maximum Gasteiger partial charge on any atom is 0.217 e. The van der Waals surface area contributed by atoms with E-state index in [0.29, 0.717) is 6.29 Å². The van der Waals surface area contributed by atoms with Crippen molar-refractivity contribution in [2.45, 2.75) is 51.4 Å². The summed E-state index contributed by atoms with van der Waals surface area (Å²) in [6.45, 7) is 3.36. The van der Waals surface area contributed by atoms with Gasteiger partial charge in [-0.15, -0.1) is 0 Å². The molecular weight excluding hydrogens is 358 g/mol. The van der Waals surface area contributed by atoms with E-state index in [9.17, 15) is 14.7 Å². The van der Waals surface area contributed by atoms with Crippen molar-refractivity contribution in [3.05, 3.63) is 71.8 Å². The van der Waals surface area contributed by atoms with E-state index >= 15 is 0 Å². The third-order valence-electron chi connectivity index (χ3n) is 4.24. The van der Waals surface area contributed by atoms with Gasteiger partial charge in [-0.2, -0.15) is 0 Å². The number of nitrogens with one attached hydrogen (secondary N) is 1. The molecule has 0 bridgehead atoms. The van der Waals surface area contributed by atoms with Gasteiger partial charge in [-0.25, -0.2) is 0 Å². The van der Waals surface area contributed by atoms with Crippen molar-refractivity contribution in [1.82, 2.24) is 5.32 Å². The largest absolute Gasteiger partial charge is 0.391 e. The van der Waals surface area contributed by atoms with E-state index in [4.69, 9.17) is 9.47 Å². The van der Waals surface area contributed by atoms with E-state index in [0.717, 1.165) is 11.1 Å². The lowest BCUT2D eigenvalue weighted by Crippen LogP contribution is -2.54. The van der Waals surface area contributed by atoms with Crippen LogP contribution >= 0.6 is 0 Å². The molecule has 2 N–H and O–H groups in total. The van der Waals surface area contributed by atoms with Crippen molar-refractivity contribution in [1.29, 1.82) is 0 Å². The molecule has 6 nitrogen and oxygen atoms in total. The van der Waals surface area contributed by atoms with Crippen molar-refractivity contribution in [3.63, 3.8) is 0 Å². The Bertz CT molecular complexity index is 720. The molecule has 0 unspecified atom stereocenters. The number of aliphatic hydroxyl groups is 1. The topological polar surface area (TPSA) is 84.9 Å². The number of ether oxygens (including phenoxy) is 2. The van der Waals surface area contributed by atoms with Gasteiger partial charge in [-0.3, -0.25) is 4.79 Å². The van der Waals surface area contributed by atoms with Crippen LogP contribution in [0.25, 0.3) is 0 Å². The molecule has 0 heterocycles. The second kappa shape index (κ2) is 11.3. The first-order chi connectivity index (χ1) is 13.5. The number of carbonyl (C=O) groups is 2. The minimum atomic E-state index is -0.948. The molecule has 0 saturated carbocycles. The Morgan fingerprint density at radius 3 is 1.82 bits per heavy atom. The van der Waals surface area contributed by atoms with Gasteiger partial charge in [0.05, 0.1) is 19.3 Å². The van der Waals surface area contributed by atoms with Crippen LogP contribution in [0, 0.1) is 0 Å². The fraction of sp³-hybridized carbons (Fsp3) is 0.364. The lowest BCUT2D eigenvalue weighted by atomic mass is 10.0. The molecule has 0 aliphatic heterocycles. The lowest BCUT2D eigenvalue weighted by molar-refractivity contribution is -0.148. The molecule has 0 aliphatic carbocycles. The molecule has 0 aliphatic rings. The van der Waals surface area contributed by atoms with Crippen LogP contribution in [0.15, 0.2) is 60.7 Å². The number of aldehydes is 1. The van der Waals surface area contributed by atoms with E-state index in [2.05, 4.69) is 5.32 Å². The molecule has 28 heavy (non-hydrogen) atoms. The van der Waals surface area contributed by atoms with Crippen LogP contribution in [0.5, 0.6) is 0 Å². The summed E-state index contributed by atoms with van der Waals surface area (Å²) in [7, 11) is 0. The van der Waals surface area contributed by atoms with Crippen LogP contribution in [-0.2, 0) is 32.3 Å². The first-order valence-electron chi connectivity index (χ1n) is 9.22. The molecule has 0 radical (unpaired) electrons. The molecule has 2 aromatic rings. The Labute approximate surface area is 165 Å². The predicted octanol–water partition coefficient (Wildman–Crippen LogP) is 2.24. The number of carbonyl (C=O) groups excluding carboxylic acids is 2. The van der Waals surface area contributed by atoms with Gasteiger partial charge in [0.15, 0.2) is 0 Å². The summed E-state index contributed by atoms with van der Waals surface area (Å²) in [5, 5.41) is 12.9. The lowest BCUT2D eigenvalue weighted by Gasteiger charge is -2.33. The highest BCUT2D eigenvalue weighted by atomic mass is 16.5. The Morgan fingerprint density at radius 2 is 1.43 bits per heavy atom. The van der Waals surface area contributed by atoms with Gasteiger partial charge in [0, 0.05) is 6.92 Å². The van der Waals surface area contributed by atoms with Crippen LogP contribution in [0.2, 0.25) is 0 Å². The maximum atomic E-state index is 11.7. The Hall–Kier alpha value is -2.54. The first kappa shape index (κ1) is 21.8. The fourth-order valence-corrected chi connectivity index (χ4v) is 2.87. The third-order valence-corrected chi connectivity index (χ3v) is 4.24. The van der Waals surface area contributed by atoms with E-state index in [1.54, 1.807) is 6.92 Å². The molecule has 150 valence electrons. The van der Waals surface area contributed by atoms with Gasteiger partial charge in [0.2, 0.25) is 5.91 Å². The van der Waals surface area contributed by atoms with Crippen molar-refractivity contribution in [2.75, 3.05) is 0 Å². The highest BCUT2D eigenvalue weighted by Gasteiger charge is 2.35. The van der Waals surface area contributed by atoms with Crippen LogP contribution < -0.4 is 5.32 Å². The standard InChI is InChI=1S/C22H27NO5/c1-16(25)21(27-14-18-9-5-3-6-10-18)22(20(13-24)23-17(2)26)28-15-19-11-7-4-8-12-19/h3-13,16,20-22,25H,14-15H2,1-2H3,(H,23,26)/t16-,20+,21+,22-/m0/s1. The molecule has 0 saturated heterocycles. The van der Waals surface area contributed by atoms with Crippen molar-refractivity contribution in [2.24, 2.45) is 0 Å². The predicted molar refractivity (Wildman–Crippen MR) is 105 cm³/mol. The van der Waals surface area contributed by atoms with Crippen LogP contribution in [0.3, 0.4) is 0 Å². The summed E-state index contributed by atoms with van der Waals surface area (Å²) in [6.07, 6.45) is -1.98. The summed E-state index contributed by atoms with van der Waals surface area (Å²) in [4.78, 5) is 23.2. The molecule has 0 spiro atoms. The van der Waals surface area contributed by atoms with Gasteiger partial charge >= 0.3 is 0 Å². The molecule has 2 aromatic carbocycles. The average molecular weight is 385 g/mol. The normalized spacial score (nSPS) is 15.2.